The number of pyridine rings is 1. The van der Waals surface area contributed by atoms with E-state index in [0.29, 0.717) is 37.5 Å². The maximum absolute atomic E-state index is 13.3. The summed E-state index contributed by atoms with van der Waals surface area (Å²) in [7, 11) is -3.68. The lowest BCUT2D eigenvalue weighted by Gasteiger charge is -2.41. The Hall–Kier alpha value is -2.26. The average molecular weight is 495 g/mol. The Bertz CT molecular complexity index is 1040. The topological polar surface area (TPSA) is 127 Å². The second-order valence-electron chi connectivity index (χ2n) is 8.74. The predicted molar refractivity (Wildman–Crippen MR) is 120 cm³/mol. The third kappa shape index (κ3) is 5.14. The van der Waals surface area contributed by atoms with Crippen molar-refractivity contribution in [1.82, 2.24) is 23.8 Å². The number of amides is 2. The van der Waals surface area contributed by atoms with Gasteiger partial charge in [-0.05, 0) is 37.3 Å². The molecule has 0 unspecified atom stereocenters. The summed E-state index contributed by atoms with van der Waals surface area (Å²) in [5.74, 6) is -1.14. The Morgan fingerprint density at radius 3 is 2.61 bits per heavy atom. The first-order valence-electron chi connectivity index (χ1n) is 11.1. The highest BCUT2D eigenvalue weighted by molar-refractivity contribution is 7.86. The van der Waals surface area contributed by atoms with Crippen LogP contribution in [0.2, 0.25) is 5.15 Å². The quantitative estimate of drug-likeness (QED) is 0.581. The van der Waals surface area contributed by atoms with Crippen LogP contribution in [0.5, 0.6) is 0 Å². The zero-order valence-electron chi connectivity index (χ0n) is 18.2. The van der Waals surface area contributed by atoms with Crippen LogP contribution in [0.3, 0.4) is 0 Å². The van der Waals surface area contributed by atoms with Gasteiger partial charge in [0.2, 0.25) is 11.8 Å². The Balaban J connectivity index is 1.35. The first-order chi connectivity index (χ1) is 15.8. The van der Waals surface area contributed by atoms with E-state index in [1.54, 1.807) is 23.2 Å². The van der Waals surface area contributed by atoms with Crippen LogP contribution >= 0.6 is 11.6 Å². The molecule has 1 aromatic heterocycles. The zero-order valence-corrected chi connectivity index (χ0v) is 19.8. The lowest BCUT2D eigenvalue weighted by molar-refractivity contribution is -0.142. The molecule has 1 N–H and O–H groups in total. The highest BCUT2D eigenvalue weighted by atomic mass is 35.5. The van der Waals surface area contributed by atoms with Crippen molar-refractivity contribution in [2.45, 2.75) is 38.3 Å². The molecule has 3 aliphatic heterocycles. The van der Waals surface area contributed by atoms with Gasteiger partial charge in [0, 0.05) is 45.5 Å². The van der Waals surface area contributed by atoms with Crippen molar-refractivity contribution in [3.05, 3.63) is 29.0 Å². The number of halogens is 1. The Kier molecular flexibility index (Phi) is 7.19. The van der Waals surface area contributed by atoms with Crippen LogP contribution in [-0.2, 0) is 26.3 Å². The van der Waals surface area contributed by atoms with Gasteiger partial charge in [-0.15, -0.1) is 0 Å². The highest BCUT2D eigenvalue weighted by Gasteiger charge is 2.44. The number of piperidine rings is 1. The third-order valence-electron chi connectivity index (χ3n) is 6.51. The molecule has 2 amide bonds. The molecule has 33 heavy (non-hydrogen) atoms. The minimum Gasteiger partial charge on any atom is -0.350 e. The first-order valence-corrected chi connectivity index (χ1v) is 12.9. The van der Waals surface area contributed by atoms with Crippen molar-refractivity contribution in [2.24, 2.45) is 11.8 Å². The highest BCUT2D eigenvalue weighted by Crippen LogP contribution is 2.29. The van der Waals surface area contributed by atoms with Gasteiger partial charge in [0.25, 0.3) is 10.2 Å². The van der Waals surface area contributed by atoms with Crippen LogP contribution < -0.4 is 5.32 Å². The largest absolute Gasteiger partial charge is 0.350 e. The lowest BCUT2D eigenvalue weighted by atomic mass is 9.97. The van der Waals surface area contributed by atoms with Crippen molar-refractivity contribution in [1.29, 1.82) is 5.26 Å². The Morgan fingerprint density at radius 2 is 1.91 bits per heavy atom. The fourth-order valence-corrected chi connectivity index (χ4v) is 6.48. The number of hydrogen-bond acceptors (Lipinski definition) is 6. The van der Waals surface area contributed by atoms with E-state index in [-0.39, 0.29) is 43.9 Å². The van der Waals surface area contributed by atoms with Crippen molar-refractivity contribution < 1.29 is 18.0 Å². The molecule has 2 atom stereocenters. The van der Waals surface area contributed by atoms with Crippen molar-refractivity contribution in [2.75, 3.05) is 32.7 Å². The molecular formula is C21H27ClN6O4S. The molecule has 3 aliphatic rings. The van der Waals surface area contributed by atoms with E-state index in [9.17, 15) is 18.0 Å². The van der Waals surface area contributed by atoms with Crippen molar-refractivity contribution in [3.8, 4) is 6.07 Å². The molecule has 3 saturated heterocycles. The molecule has 0 spiro atoms. The van der Waals surface area contributed by atoms with E-state index in [2.05, 4.69) is 16.4 Å². The number of likely N-dealkylation sites (tertiary alicyclic amines) is 1. The van der Waals surface area contributed by atoms with Crippen LogP contribution in [0.25, 0.3) is 0 Å². The normalized spacial score (nSPS) is 24.8. The SMILES string of the molecule is N#CC1CN(S(=O)(=O)N2CCC[C@H](C(=O)N3CCC[C@@H]3C(=O)NCc3ccc(Cl)nc3)C2)C1. The summed E-state index contributed by atoms with van der Waals surface area (Å²) in [6.07, 6.45) is 4.07. The number of nitrogens with one attached hydrogen (secondary N) is 1. The van der Waals surface area contributed by atoms with Gasteiger partial charge < -0.3 is 10.2 Å². The summed E-state index contributed by atoms with van der Waals surface area (Å²) in [6.45, 7) is 1.64. The van der Waals surface area contributed by atoms with E-state index in [1.807, 2.05) is 0 Å². The number of nitrogens with zero attached hydrogens (tertiary/aromatic N) is 5. The number of aromatic nitrogens is 1. The minimum atomic E-state index is -3.68. The first kappa shape index (κ1) is 23.9. The second kappa shape index (κ2) is 9.93. The van der Waals surface area contributed by atoms with E-state index >= 15 is 0 Å². The lowest BCUT2D eigenvalue weighted by Crippen LogP contribution is -2.57. The molecule has 4 rings (SSSR count). The number of carbonyl (C=O) groups is 2. The van der Waals surface area contributed by atoms with Gasteiger partial charge in [-0.25, -0.2) is 4.98 Å². The second-order valence-corrected chi connectivity index (χ2v) is 11.1. The summed E-state index contributed by atoms with van der Waals surface area (Å²) in [6, 6.07) is 4.95. The molecule has 0 saturated carbocycles. The fourth-order valence-electron chi connectivity index (χ4n) is 4.58. The smallest absolute Gasteiger partial charge is 0.282 e. The van der Waals surface area contributed by atoms with E-state index in [4.69, 9.17) is 16.9 Å². The van der Waals surface area contributed by atoms with Crippen LogP contribution in [0.4, 0.5) is 0 Å². The average Bonchev–Trinajstić information content (AvgIpc) is 3.27. The summed E-state index contributed by atoms with van der Waals surface area (Å²) in [4.78, 5) is 31.7. The molecule has 0 bridgehead atoms. The van der Waals surface area contributed by atoms with Gasteiger partial charge in [-0.3, -0.25) is 9.59 Å². The molecule has 10 nitrogen and oxygen atoms in total. The molecule has 0 aromatic carbocycles. The summed E-state index contributed by atoms with van der Waals surface area (Å²) < 4.78 is 28.4. The summed E-state index contributed by atoms with van der Waals surface area (Å²) in [5.41, 5.74) is 0.807. The van der Waals surface area contributed by atoms with Crippen LogP contribution in [-0.4, -0.2) is 77.5 Å². The Labute approximate surface area is 198 Å². The van der Waals surface area contributed by atoms with Gasteiger partial charge in [0.1, 0.15) is 11.2 Å². The van der Waals surface area contributed by atoms with Gasteiger partial charge in [-0.2, -0.15) is 22.3 Å². The standard InChI is InChI=1S/C21H27ClN6O4S/c22-19-6-5-15(10-24-19)11-25-20(29)18-4-2-8-28(18)21(30)17-3-1-7-26(14-17)33(31,32)27-12-16(9-23)13-27/h5-6,10,16-18H,1-4,7-8,11-14H2,(H,25,29)/t17-,18+/m0/s1. The van der Waals surface area contributed by atoms with Crippen molar-refractivity contribution >= 4 is 33.6 Å². The summed E-state index contributed by atoms with van der Waals surface area (Å²) in [5, 5.41) is 12.2. The molecule has 0 radical (unpaired) electrons. The van der Waals surface area contributed by atoms with E-state index < -0.39 is 22.2 Å². The van der Waals surface area contributed by atoms with Crippen LogP contribution in [0.15, 0.2) is 18.3 Å². The number of nitriles is 1. The number of rotatable bonds is 6. The molecule has 0 aliphatic carbocycles. The van der Waals surface area contributed by atoms with Crippen LogP contribution in [0, 0.1) is 23.2 Å². The van der Waals surface area contributed by atoms with Gasteiger partial charge in [0.05, 0.1) is 17.9 Å². The zero-order chi connectivity index (χ0) is 23.6. The molecule has 1 aromatic rings. The number of carbonyl (C=O) groups excluding carboxylic acids is 2. The Morgan fingerprint density at radius 1 is 1.15 bits per heavy atom. The predicted octanol–water partition coefficient (Wildman–Crippen LogP) is 0.754. The van der Waals surface area contributed by atoms with E-state index in [1.165, 1.54) is 8.61 Å². The van der Waals surface area contributed by atoms with Crippen LogP contribution in [0.1, 0.15) is 31.2 Å². The summed E-state index contributed by atoms with van der Waals surface area (Å²) >= 11 is 5.79. The van der Waals surface area contributed by atoms with E-state index in [0.717, 1.165) is 12.0 Å². The molecule has 178 valence electrons. The monoisotopic (exact) mass is 494 g/mol. The third-order valence-corrected chi connectivity index (χ3v) is 8.67. The molecule has 3 fully saturated rings. The van der Waals surface area contributed by atoms with Gasteiger partial charge >= 0.3 is 0 Å². The van der Waals surface area contributed by atoms with Gasteiger partial charge in [0.15, 0.2) is 0 Å². The molecule has 12 heteroatoms. The minimum absolute atomic E-state index is 0.107. The molecule has 4 heterocycles. The number of hydrogen-bond donors (Lipinski definition) is 1. The van der Waals surface area contributed by atoms with Gasteiger partial charge in [-0.1, -0.05) is 17.7 Å². The fraction of sp³-hybridized carbons (Fsp3) is 0.619. The molecular weight excluding hydrogens is 468 g/mol. The van der Waals surface area contributed by atoms with Crippen molar-refractivity contribution in [3.63, 3.8) is 0 Å². The maximum atomic E-state index is 13.3. The maximum Gasteiger partial charge on any atom is 0.282 e.